The van der Waals surface area contributed by atoms with Crippen molar-refractivity contribution < 1.29 is 34.4 Å². The smallest absolute Gasteiger partial charge is 0.162 e. The Labute approximate surface area is 310 Å². The van der Waals surface area contributed by atoms with Crippen LogP contribution in [0.4, 0.5) is 0 Å². The molecule has 2 aromatic heterocycles. The average Bonchev–Trinajstić information content (AvgIpc) is 3.96. The van der Waals surface area contributed by atoms with Crippen molar-refractivity contribution in [2.24, 2.45) is 17.3 Å². The first kappa shape index (κ1) is 35.1. The van der Waals surface area contributed by atoms with Gasteiger partial charge in [-0.15, -0.1) is 17.7 Å². The summed E-state index contributed by atoms with van der Waals surface area (Å²) in [5, 5.41) is 14.6. The van der Waals surface area contributed by atoms with Crippen molar-refractivity contribution in [1.82, 2.24) is 4.98 Å². The Balaban J connectivity index is 0.000000207. The van der Waals surface area contributed by atoms with Gasteiger partial charge in [0.05, 0.1) is 11.3 Å². The van der Waals surface area contributed by atoms with Crippen LogP contribution in [0.3, 0.4) is 0 Å². The van der Waals surface area contributed by atoms with Crippen molar-refractivity contribution in [2.45, 2.75) is 116 Å². The van der Waals surface area contributed by atoms with Gasteiger partial charge in [0, 0.05) is 49.6 Å². The minimum Gasteiger partial charge on any atom is -0.512 e. The Morgan fingerprint density at radius 1 is 0.820 bits per heavy atom. The molecule has 0 unspecified atom stereocenters. The number of aliphatic hydroxyl groups excluding tert-OH is 1. The van der Waals surface area contributed by atoms with Crippen LogP contribution in [0.25, 0.3) is 44.0 Å². The second kappa shape index (κ2) is 15.1. The van der Waals surface area contributed by atoms with Crippen molar-refractivity contribution in [2.75, 3.05) is 0 Å². The van der Waals surface area contributed by atoms with Crippen LogP contribution in [-0.4, -0.2) is 15.9 Å². The molecule has 4 aliphatic rings. The zero-order valence-electron chi connectivity index (χ0n) is 29.4. The largest absolute Gasteiger partial charge is 0.512 e. The van der Waals surface area contributed by atoms with Gasteiger partial charge >= 0.3 is 0 Å². The molecule has 0 bridgehead atoms. The number of rotatable bonds is 5. The van der Waals surface area contributed by atoms with Gasteiger partial charge in [-0.2, -0.15) is 0 Å². The molecule has 4 saturated carbocycles. The second-order valence-electron chi connectivity index (χ2n) is 15.7. The van der Waals surface area contributed by atoms with Crippen molar-refractivity contribution in [3.8, 4) is 11.3 Å². The molecular formula is C45H50IrNO3-. The molecule has 50 heavy (non-hydrogen) atoms. The number of benzene rings is 3. The van der Waals surface area contributed by atoms with Gasteiger partial charge in [-0.3, -0.25) is 4.79 Å². The minimum atomic E-state index is 0. The van der Waals surface area contributed by atoms with Gasteiger partial charge in [-0.05, 0) is 110 Å². The molecule has 4 fully saturated rings. The standard InChI is InChI=1S/C32H30NO.C13H20O2.Ir/c1-21-18-27-26-6-2-3-7-29(26)34-31(27)28(19-21)30-25-9-8-23(20-24(25)12-17-33-30)22-10-15-32(16-11-22)13-4-5-14-32;14-12(10-5-1-2-6-10)9-13(15)11-7-3-4-8-11;/h2-3,6-9,12,17-18,20,22H,4-5,10-11,13-16H2,1H3;9-11,14H,1-8H2;/q-1;;/b;12-9-;. The van der Waals surface area contributed by atoms with E-state index in [1.54, 1.807) is 0 Å². The van der Waals surface area contributed by atoms with Crippen LogP contribution in [0.1, 0.15) is 120 Å². The third-order valence-corrected chi connectivity index (χ3v) is 12.6. The maximum atomic E-state index is 11.8. The Hall–Kier alpha value is -3.27. The monoisotopic (exact) mass is 845 g/mol. The zero-order chi connectivity index (χ0) is 33.4. The molecule has 2 heterocycles. The van der Waals surface area contributed by atoms with E-state index in [1.165, 1.54) is 99.5 Å². The maximum Gasteiger partial charge on any atom is 0.162 e. The van der Waals surface area contributed by atoms with Crippen LogP contribution in [0.2, 0.25) is 0 Å². The number of nitrogens with zero attached hydrogens (tertiary/aromatic N) is 1. The number of furan rings is 1. The SMILES string of the molecule is Cc1[c-]c(-c2nccc3cc(C4CCC5(CCCC5)CC4)ccc23)c2oc3ccccc3c2c1.O=C(/C=C(\O)C1CCCC1)C1CCCC1.[Ir]. The molecule has 5 aromatic rings. The Morgan fingerprint density at radius 2 is 1.52 bits per heavy atom. The first-order valence-electron chi connectivity index (χ1n) is 19.1. The molecule has 4 aliphatic carbocycles. The second-order valence-corrected chi connectivity index (χ2v) is 15.7. The fourth-order valence-electron chi connectivity index (χ4n) is 9.72. The molecule has 1 radical (unpaired) electrons. The van der Waals surface area contributed by atoms with E-state index in [2.05, 4.69) is 55.5 Å². The fourth-order valence-corrected chi connectivity index (χ4v) is 9.72. The molecule has 9 rings (SSSR count). The Bertz CT molecular complexity index is 2000. The molecular weight excluding hydrogens is 795 g/mol. The molecule has 0 saturated heterocycles. The number of para-hydroxylation sites is 1. The van der Waals surface area contributed by atoms with Crippen molar-refractivity contribution in [3.63, 3.8) is 0 Å². The third kappa shape index (κ3) is 7.10. The van der Waals surface area contributed by atoms with E-state index >= 15 is 0 Å². The number of aryl methyl sites for hydroxylation is 1. The number of carbonyl (C=O) groups excluding carboxylic acids is 1. The summed E-state index contributed by atoms with van der Waals surface area (Å²) in [6, 6.07) is 23.2. The minimum absolute atomic E-state index is 0. The average molecular weight is 845 g/mol. The van der Waals surface area contributed by atoms with E-state index in [0.717, 1.165) is 64.4 Å². The number of aromatic nitrogens is 1. The summed E-state index contributed by atoms with van der Waals surface area (Å²) in [6.07, 6.45) is 23.7. The Morgan fingerprint density at radius 3 is 2.26 bits per heavy atom. The first-order valence-corrected chi connectivity index (χ1v) is 19.1. The number of fused-ring (bicyclic) bond motifs is 4. The van der Waals surface area contributed by atoms with Crippen LogP contribution < -0.4 is 0 Å². The van der Waals surface area contributed by atoms with E-state index in [0.29, 0.717) is 17.1 Å². The van der Waals surface area contributed by atoms with Crippen LogP contribution >= 0.6 is 0 Å². The van der Waals surface area contributed by atoms with Gasteiger partial charge < -0.3 is 14.5 Å². The van der Waals surface area contributed by atoms with Gasteiger partial charge in [0.2, 0.25) is 0 Å². The quantitative estimate of drug-likeness (QED) is 0.109. The summed E-state index contributed by atoms with van der Waals surface area (Å²) >= 11 is 0. The van der Waals surface area contributed by atoms with Gasteiger partial charge in [0.25, 0.3) is 0 Å². The number of hydrogen-bond donors (Lipinski definition) is 1. The molecule has 5 heteroatoms. The number of carbonyl (C=O) groups is 1. The van der Waals surface area contributed by atoms with E-state index in [-0.39, 0.29) is 37.7 Å². The van der Waals surface area contributed by atoms with Crippen LogP contribution in [0.5, 0.6) is 0 Å². The van der Waals surface area contributed by atoms with Gasteiger partial charge in [-0.1, -0.05) is 92.8 Å². The summed E-state index contributed by atoms with van der Waals surface area (Å²) in [5.41, 5.74) is 7.01. The number of allylic oxidation sites excluding steroid dienone is 2. The number of hydrogen-bond acceptors (Lipinski definition) is 4. The van der Waals surface area contributed by atoms with Gasteiger partial charge in [0.15, 0.2) is 5.78 Å². The summed E-state index contributed by atoms with van der Waals surface area (Å²) in [6.45, 7) is 2.11. The number of pyridine rings is 1. The number of aliphatic hydroxyl groups is 1. The van der Waals surface area contributed by atoms with Crippen molar-refractivity contribution in [1.29, 1.82) is 0 Å². The summed E-state index contributed by atoms with van der Waals surface area (Å²) in [7, 11) is 0. The fraction of sp³-hybridized carbons (Fsp3) is 0.467. The van der Waals surface area contributed by atoms with Crippen molar-refractivity contribution >= 4 is 38.5 Å². The molecule has 4 nitrogen and oxygen atoms in total. The molecule has 0 aliphatic heterocycles. The first-order chi connectivity index (χ1) is 24.0. The van der Waals surface area contributed by atoms with Crippen LogP contribution in [0, 0.1) is 30.2 Å². The van der Waals surface area contributed by atoms with Gasteiger partial charge in [-0.25, -0.2) is 0 Å². The summed E-state index contributed by atoms with van der Waals surface area (Å²) in [4.78, 5) is 16.6. The zero-order valence-corrected chi connectivity index (χ0v) is 31.8. The third-order valence-electron chi connectivity index (χ3n) is 12.6. The summed E-state index contributed by atoms with van der Waals surface area (Å²) < 4.78 is 6.34. The molecule has 1 N–H and O–H groups in total. The molecule has 3 aromatic carbocycles. The van der Waals surface area contributed by atoms with E-state index in [1.807, 2.05) is 18.3 Å². The van der Waals surface area contributed by atoms with Crippen LogP contribution in [-0.2, 0) is 24.9 Å². The number of ketones is 1. The van der Waals surface area contributed by atoms with E-state index in [4.69, 9.17) is 9.40 Å². The Kier molecular flexibility index (Phi) is 10.6. The maximum absolute atomic E-state index is 11.8. The van der Waals surface area contributed by atoms with E-state index in [9.17, 15) is 9.90 Å². The predicted molar refractivity (Wildman–Crippen MR) is 200 cm³/mol. The molecule has 1 spiro atoms. The van der Waals surface area contributed by atoms with Crippen LogP contribution in [0.15, 0.2) is 77.0 Å². The van der Waals surface area contributed by atoms with E-state index < -0.39 is 0 Å². The predicted octanol–water partition coefficient (Wildman–Crippen LogP) is 12.5. The summed E-state index contributed by atoms with van der Waals surface area (Å²) in [5.74, 6) is 1.69. The van der Waals surface area contributed by atoms with Gasteiger partial charge in [0.1, 0.15) is 5.58 Å². The normalized spacial score (nSPS) is 20.1. The topological polar surface area (TPSA) is 63.3 Å². The van der Waals surface area contributed by atoms with Crippen molar-refractivity contribution in [3.05, 3.63) is 89.8 Å². The molecule has 0 amide bonds. The molecule has 0 atom stereocenters. The molecule has 263 valence electrons.